The smallest absolute Gasteiger partial charge is 0.227 e. The number of nitrogens with one attached hydrogen (secondary N) is 2. The van der Waals surface area contributed by atoms with Crippen molar-refractivity contribution in [3.05, 3.63) is 21.9 Å². The Labute approximate surface area is 118 Å². The topological polar surface area (TPSA) is 63.2 Å². The predicted octanol–water partition coefficient (Wildman–Crippen LogP) is 1.81. The molecule has 0 aromatic carbocycles. The number of morpholine rings is 1. The summed E-state index contributed by atoms with van der Waals surface area (Å²) in [7, 11) is 0. The van der Waals surface area contributed by atoms with Gasteiger partial charge in [-0.3, -0.25) is 4.79 Å². The number of nitrogens with zero attached hydrogens (tertiary/aromatic N) is 1. The number of hydrogen-bond donors (Lipinski definition) is 2. The minimum atomic E-state index is -0.0975. The number of ether oxygens (including phenoxy) is 1. The molecule has 1 saturated heterocycles. The van der Waals surface area contributed by atoms with E-state index < -0.39 is 0 Å². The van der Waals surface area contributed by atoms with Crippen LogP contribution in [-0.2, 0) is 9.53 Å². The molecule has 2 rings (SSSR count). The molecule has 0 aliphatic carbocycles. The van der Waals surface area contributed by atoms with Crippen LogP contribution in [0.3, 0.4) is 0 Å². The highest BCUT2D eigenvalue weighted by Gasteiger charge is 2.17. The Morgan fingerprint density at radius 1 is 1.72 bits per heavy atom. The molecule has 0 bridgehead atoms. The van der Waals surface area contributed by atoms with Gasteiger partial charge in [0.05, 0.1) is 35.5 Å². The van der Waals surface area contributed by atoms with Crippen LogP contribution in [0.4, 0.5) is 5.69 Å². The Morgan fingerprint density at radius 2 is 2.56 bits per heavy atom. The largest absolute Gasteiger partial charge is 0.375 e. The fourth-order valence-electron chi connectivity index (χ4n) is 1.66. The van der Waals surface area contributed by atoms with Crippen molar-refractivity contribution in [2.24, 2.45) is 0 Å². The van der Waals surface area contributed by atoms with E-state index in [1.807, 2.05) is 0 Å². The molecule has 0 radical (unpaired) electrons. The van der Waals surface area contributed by atoms with Gasteiger partial charge < -0.3 is 15.4 Å². The van der Waals surface area contributed by atoms with E-state index in [9.17, 15) is 4.79 Å². The van der Waals surface area contributed by atoms with Gasteiger partial charge >= 0.3 is 0 Å². The Bertz CT molecular complexity index is 438. The van der Waals surface area contributed by atoms with Crippen molar-refractivity contribution in [3.63, 3.8) is 0 Å². The molecule has 7 heteroatoms. The monoisotopic (exact) mass is 333 g/mol. The number of halogens is 2. The molecule has 0 spiro atoms. The Hall–Kier alpha value is -0.690. The van der Waals surface area contributed by atoms with Gasteiger partial charge in [-0.2, -0.15) is 0 Å². The van der Waals surface area contributed by atoms with Gasteiger partial charge in [-0.1, -0.05) is 11.6 Å². The fourth-order valence-corrected chi connectivity index (χ4v) is 2.11. The van der Waals surface area contributed by atoms with Gasteiger partial charge in [-0.15, -0.1) is 0 Å². The summed E-state index contributed by atoms with van der Waals surface area (Å²) in [6, 6.07) is 1.72. The summed E-state index contributed by atoms with van der Waals surface area (Å²) in [5.41, 5.74) is 0.611. The summed E-state index contributed by atoms with van der Waals surface area (Å²) in [6.45, 7) is 2.19. The lowest BCUT2D eigenvalue weighted by atomic mass is 10.2. The third-order valence-electron chi connectivity index (χ3n) is 2.50. The lowest BCUT2D eigenvalue weighted by Gasteiger charge is -2.23. The van der Waals surface area contributed by atoms with E-state index in [0.717, 1.165) is 6.54 Å². The number of carbonyl (C=O) groups excluding carboxylic acids is 1. The van der Waals surface area contributed by atoms with Crippen molar-refractivity contribution in [3.8, 4) is 0 Å². The van der Waals surface area contributed by atoms with Crippen molar-refractivity contribution < 1.29 is 9.53 Å². The van der Waals surface area contributed by atoms with Crippen LogP contribution in [0.25, 0.3) is 0 Å². The first-order valence-corrected chi connectivity index (χ1v) is 6.75. The number of amides is 1. The summed E-state index contributed by atoms with van der Waals surface area (Å²) >= 11 is 9.03. The van der Waals surface area contributed by atoms with E-state index in [-0.39, 0.29) is 12.0 Å². The van der Waals surface area contributed by atoms with Crippen LogP contribution >= 0.6 is 27.5 Å². The standard InChI is InChI=1S/C11H13BrClN3O2/c12-9-3-7(5-15-11(9)13)16-10(17)4-8-6-14-1-2-18-8/h3,5,8,14H,1-2,4,6H2,(H,16,17). The normalized spacial score (nSPS) is 19.6. The average molecular weight is 335 g/mol. The second kappa shape index (κ2) is 6.47. The SMILES string of the molecule is O=C(CC1CNCCO1)Nc1cnc(Cl)c(Br)c1. The number of anilines is 1. The number of aromatic nitrogens is 1. The van der Waals surface area contributed by atoms with Gasteiger partial charge in [0.25, 0.3) is 0 Å². The number of hydrogen-bond acceptors (Lipinski definition) is 4. The third kappa shape index (κ3) is 3.91. The van der Waals surface area contributed by atoms with Crippen LogP contribution in [0.1, 0.15) is 6.42 Å². The van der Waals surface area contributed by atoms with Crippen LogP contribution in [-0.4, -0.2) is 36.7 Å². The van der Waals surface area contributed by atoms with E-state index in [1.54, 1.807) is 6.07 Å². The van der Waals surface area contributed by atoms with Crippen molar-refractivity contribution in [2.45, 2.75) is 12.5 Å². The van der Waals surface area contributed by atoms with Crippen molar-refractivity contribution in [1.29, 1.82) is 0 Å². The maximum Gasteiger partial charge on any atom is 0.227 e. The summed E-state index contributed by atoms with van der Waals surface area (Å²) < 4.78 is 6.11. The Morgan fingerprint density at radius 3 is 3.22 bits per heavy atom. The van der Waals surface area contributed by atoms with Gasteiger partial charge in [0.1, 0.15) is 5.15 Å². The van der Waals surface area contributed by atoms with Crippen LogP contribution in [0.2, 0.25) is 5.15 Å². The molecular formula is C11H13BrClN3O2. The molecule has 0 saturated carbocycles. The van der Waals surface area contributed by atoms with Crippen molar-refractivity contribution in [2.75, 3.05) is 25.0 Å². The average Bonchev–Trinajstić information content (AvgIpc) is 2.35. The van der Waals surface area contributed by atoms with E-state index in [1.165, 1.54) is 6.20 Å². The minimum absolute atomic E-state index is 0.0672. The maximum atomic E-state index is 11.8. The quantitative estimate of drug-likeness (QED) is 0.828. The molecule has 18 heavy (non-hydrogen) atoms. The van der Waals surface area contributed by atoms with Gasteiger partial charge in [0, 0.05) is 13.1 Å². The van der Waals surface area contributed by atoms with Crippen LogP contribution in [0.15, 0.2) is 16.7 Å². The first kappa shape index (κ1) is 13.7. The molecule has 1 aromatic heterocycles. The molecule has 2 N–H and O–H groups in total. The summed E-state index contributed by atoms with van der Waals surface area (Å²) in [6.07, 6.45) is 1.78. The maximum absolute atomic E-state index is 11.8. The molecule has 1 amide bonds. The number of carbonyl (C=O) groups is 1. The lowest BCUT2D eigenvalue weighted by Crippen LogP contribution is -2.40. The predicted molar refractivity (Wildman–Crippen MR) is 72.8 cm³/mol. The zero-order valence-electron chi connectivity index (χ0n) is 9.58. The fraction of sp³-hybridized carbons (Fsp3) is 0.455. The van der Waals surface area contributed by atoms with Crippen LogP contribution in [0.5, 0.6) is 0 Å². The zero-order chi connectivity index (χ0) is 13.0. The molecule has 1 aromatic rings. The molecule has 1 aliphatic rings. The van der Waals surface area contributed by atoms with Gasteiger partial charge in [-0.25, -0.2) is 4.98 Å². The van der Waals surface area contributed by atoms with Crippen LogP contribution < -0.4 is 10.6 Å². The van der Waals surface area contributed by atoms with Gasteiger partial charge in [0.2, 0.25) is 5.91 Å². The first-order valence-electron chi connectivity index (χ1n) is 5.58. The highest BCUT2D eigenvalue weighted by molar-refractivity contribution is 9.10. The summed E-state index contributed by atoms with van der Waals surface area (Å²) in [5, 5.41) is 6.31. The van der Waals surface area contributed by atoms with Gasteiger partial charge in [-0.05, 0) is 22.0 Å². The summed E-state index contributed by atoms with van der Waals surface area (Å²) in [5.74, 6) is -0.0975. The number of rotatable bonds is 3. The van der Waals surface area contributed by atoms with E-state index >= 15 is 0 Å². The molecular weight excluding hydrogens is 321 g/mol. The van der Waals surface area contributed by atoms with E-state index in [0.29, 0.717) is 34.9 Å². The van der Waals surface area contributed by atoms with Gasteiger partial charge in [0.15, 0.2) is 0 Å². The highest BCUT2D eigenvalue weighted by atomic mass is 79.9. The van der Waals surface area contributed by atoms with Crippen molar-refractivity contribution >= 4 is 39.1 Å². The molecule has 2 heterocycles. The third-order valence-corrected chi connectivity index (χ3v) is 3.63. The first-order chi connectivity index (χ1) is 8.65. The molecule has 98 valence electrons. The van der Waals surface area contributed by atoms with Crippen LogP contribution in [0, 0.1) is 0 Å². The number of pyridine rings is 1. The Balaban J connectivity index is 1.88. The van der Waals surface area contributed by atoms with E-state index in [2.05, 4.69) is 31.5 Å². The summed E-state index contributed by atoms with van der Waals surface area (Å²) in [4.78, 5) is 15.7. The Kier molecular flexibility index (Phi) is 4.94. The van der Waals surface area contributed by atoms with Crippen molar-refractivity contribution in [1.82, 2.24) is 10.3 Å². The lowest BCUT2D eigenvalue weighted by molar-refractivity contribution is -0.119. The molecule has 5 nitrogen and oxygen atoms in total. The minimum Gasteiger partial charge on any atom is -0.375 e. The molecule has 1 unspecified atom stereocenters. The molecule has 1 fully saturated rings. The highest BCUT2D eigenvalue weighted by Crippen LogP contribution is 2.22. The second-order valence-electron chi connectivity index (χ2n) is 3.95. The molecule has 1 aliphatic heterocycles. The second-order valence-corrected chi connectivity index (χ2v) is 5.16. The zero-order valence-corrected chi connectivity index (χ0v) is 11.9. The van der Waals surface area contributed by atoms with E-state index in [4.69, 9.17) is 16.3 Å². The molecule has 1 atom stereocenters.